The normalized spacial score (nSPS) is 18.2. The standard InChI is InChI=1S/C17H22N4O2/c1-11(2)8-21-9-12(6-16(21)22)17(23)19-13-4-5-14-15(7-13)20(3)10-18-14/h4-5,7,10-12H,6,8-9H2,1-3H3,(H,19,23). The van der Waals surface area contributed by atoms with Crippen LogP contribution in [0.2, 0.25) is 0 Å². The van der Waals surface area contributed by atoms with Crippen LogP contribution in [0.25, 0.3) is 11.0 Å². The lowest BCUT2D eigenvalue weighted by Crippen LogP contribution is -2.31. The number of anilines is 1. The van der Waals surface area contributed by atoms with Crippen molar-refractivity contribution in [2.45, 2.75) is 20.3 Å². The van der Waals surface area contributed by atoms with Gasteiger partial charge in [-0.05, 0) is 24.1 Å². The van der Waals surface area contributed by atoms with E-state index in [1.165, 1.54) is 0 Å². The van der Waals surface area contributed by atoms with Crippen molar-refractivity contribution >= 4 is 28.5 Å². The number of nitrogens with zero attached hydrogens (tertiary/aromatic N) is 3. The predicted molar refractivity (Wildman–Crippen MR) is 88.9 cm³/mol. The van der Waals surface area contributed by atoms with Crippen molar-refractivity contribution in [1.29, 1.82) is 0 Å². The Morgan fingerprint density at radius 2 is 2.22 bits per heavy atom. The molecule has 6 nitrogen and oxygen atoms in total. The lowest BCUT2D eigenvalue weighted by molar-refractivity contribution is -0.128. The van der Waals surface area contributed by atoms with Crippen LogP contribution in [0.15, 0.2) is 24.5 Å². The number of nitrogens with one attached hydrogen (secondary N) is 1. The number of carbonyl (C=O) groups is 2. The minimum absolute atomic E-state index is 0.0703. The van der Waals surface area contributed by atoms with Crippen LogP contribution < -0.4 is 5.32 Å². The maximum atomic E-state index is 12.4. The number of carbonyl (C=O) groups excluding carboxylic acids is 2. The summed E-state index contributed by atoms with van der Waals surface area (Å²) < 4.78 is 1.91. The number of aryl methyl sites for hydroxylation is 1. The van der Waals surface area contributed by atoms with E-state index in [0.29, 0.717) is 25.4 Å². The molecule has 1 saturated heterocycles. The van der Waals surface area contributed by atoms with Crippen LogP contribution in [-0.2, 0) is 16.6 Å². The zero-order valence-electron chi connectivity index (χ0n) is 13.7. The molecule has 1 atom stereocenters. The molecule has 1 aliphatic rings. The number of aromatic nitrogens is 2. The molecule has 0 bridgehead atoms. The summed E-state index contributed by atoms with van der Waals surface area (Å²) in [5.74, 6) is 0.114. The number of hydrogen-bond acceptors (Lipinski definition) is 3. The van der Waals surface area contributed by atoms with Crippen LogP contribution >= 0.6 is 0 Å². The van der Waals surface area contributed by atoms with E-state index in [-0.39, 0.29) is 17.7 Å². The molecule has 0 spiro atoms. The Balaban J connectivity index is 1.68. The number of rotatable bonds is 4. The highest BCUT2D eigenvalue weighted by Crippen LogP contribution is 2.22. The Morgan fingerprint density at radius 3 is 2.96 bits per heavy atom. The molecule has 0 saturated carbocycles. The van der Waals surface area contributed by atoms with Gasteiger partial charge in [-0.25, -0.2) is 4.98 Å². The maximum absolute atomic E-state index is 12.4. The third kappa shape index (κ3) is 3.21. The Morgan fingerprint density at radius 1 is 1.43 bits per heavy atom. The highest BCUT2D eigenvalue weighted by Gasteiger charge is 2.34. The van der Waals surface area contributed by atoms with Crippen molar-refractivity contribution in [2.24, 2.45) is 18.9 Å². The average Bonchev–Trinajstić information content (AvgIpc) is 3.03. The largest absolute Gasteiger partial charge is 0.342 e. The topological polar surface area (TPSA) is 67.2 Å². The molecule has 1 aromatic carbocycles. The van der Waals surface area contributed by atoms with Gasteiger partial charge in [0.15, 0.2) is 0 Å². The Bertz CT molecular complexity index is 750. The van der Waals surface area contributed by atoms with Gasteiger partial charge in [-0.15, -0.1) is 0 Å². The number of hydrogen-bond donors (Lipinski definition) is 1. The minimum Gasteiger partial charge on any atom is -0.342 e. The van der Waals surface area contributed by atoms with E-state index < -0.39 is 0 Å². The summed E-state index contributed by atoms with van der Waals surface area (Å²) in [5, 5.41) is 2.93. The fourth-order valence-electron chi connectivity index (χ4n) is 3.01. The molecule has 1 unspecified atom stereocenters. The number of amides is 2. The average molecular weight is 314 g/mol. The first-order valence-electron chi connectivity index (χ1n) is 7.93. The Kier molecular flexibility index (Phi) is 4.07. The second-order valence-electron chi connectivity index (χ2n) is 6.64. The third-order valence-corrected chi connectivity index (χ3v) is 4.16. The number of likely N-dealkylation sites (tertiary alicyclic amines) is 1. The molecule has 23 heavy (non-hydrogen) atoms. The summed E-state index contributed by atoms with van der Waals surface area (Å²) >= 11 is 0. The summed E-state index contributed by atoms with van der Waals surface area (Å²) in [5.41, 5.74) is 2.59. The van der Waals surface area contributed by atoms with Crippen molar-refractivity contribution in [3.05, 3.63) is 24.5 Å². The fourth-order valence-corrected chi connectivity index (χ4v) is 3.01. The van der Waals surface area contributed by atoms with Crippen LogP contribution in [0.1, 0.15) is 20.3 Å². The van der Waals surface area contributed by atoms with Crippen molar-refractivity contribution in [2.75, 3.05) is 18.4 Å². The second-order valence-corrected chi connectivity index (χ2v) is 6.64. The Labute approximate surface area is 135 Å². The van der Waals surface area contributed by atoms with Crippen molar-refractivity contribution in [3.8, 4) is 0 Å². The zero-order chi connectivity index (χ0) is 16.6. The van der Waals surface area contributed by atoms with Gasteiger partial charge in [-0.3, -0.25) is 9.59 Å². The summed E-state index contributed by atoms with van der Waals surface area (Å²) in [6, 6.07) is 5.63. The zero-order valence-corrected chi connectivity index (χ0v) is 13.7. The van der Waals surface area contributed by atoms with Gasteiger partial charge in [0.2, 0.25) is 11.8 Å². The summed E-state index contributed by atoms with van der Waals surface area (Å²) in [6.45, 7) is 5.37. The molecule has 122 valence electrons. The molecule has 0 aliphatic carbocycles. The van der Waals surface area contributed by atoms with Gasteiger partial charge in [0.1, 0.15) is 0 Å². The number of imidazole rings is 1. The van der Waals surface area contributed by atoms with Gasteiger partial charge >= 0.3 is 0 Å². The van der Waals surface area contributed by atoms with Gasteiger partial charge < -0.3 is 14.8 Å². The molecule has 1 aliphatic heterocycles. The SMILES string of the molecule is CC(C)CN1CC(C(=O)Nc2ccc3ncn(C)c3c2)CC1=O. The van der Waals surface area contributed by atoms with Crippen molar-refractivity contribution in [1.82, 2.24) is 14.5 Å². The quantitative estimate of drug-likeness (QED) is 0.939. The number of benzene rings is 1. The van der Waals surface area contributed by atoms with Gasteiger partial charge in [-0.1, -0.05) is 13.8 Å². The van der Waals surface area contributed by atoms with Gasteiger partial charge in [-0.2, -0.15) is 0 Å². The van der Waals surface area contributed by atoms with Crippen LogP contribution in [0, 0.1) is 11.8 Å². The Hall–Kier alpha value is -2.37. The van der Waals surface area contributed by atoms with Gasteiger partial charge in [0.25, 0.3) is 0 Å². The molecule has 1 aromatic heterocycles. The van der Waals surface area contributed by atoms with Gasteiger partial charge in [0.05, 0.1) is 23.3 Å². The van der Waals surface area contributed by atoms with E-state index >= 15 is 0 Å². The van der Waals surface area contributed by atoms with Crippen LogP contribution in [0.4, 0.5) is 5.69 Å². The van der Waals surface area contributed by atoms with E-state index in [9.17, 15) is 9.59 Å². The van der Waals surface area contributed by atoms with Crippen LogP contribution in [0.3, 0.4) is 0 Å². The highest BCUT2D eigenvalue weighted by atomic mass is 16.2. The molecule has 3 rings (SSSR count). The molecule has 2 amide bonds. The van der Waals surface area contributed by atoms with E-state index in [0.717, 1.165) is 16.7 Å². The number of fused-ring (bicyclic) bond motifs is 1. The summed E-state index contributed by atoms with van der Waals surface area (Å²) in [7, 11) is 1.92. The molecule has 1 N–H and O–H groups in total. The van der Waals surface area contributed by atoms with E-state index in [1.807, 2.05) is 29.8 Å². The smallest absolute Gasteiger partial charge is 0.229 e. The summed E-state index contributed by atoms with van der Waals surface area (Å²) in [6.07, 6.45) is 2.04. The van der Waals surface area contributed by atoms with Gasteiger partial charge in [0, 0.05) is 32.2 Å². The van der Waals surface area contributed by atoms with Crippen molar-refractivity contribution in [3.63, 3.8) is 0 Å². The summed E-state index contributed by atoms with van der Waals surface area (Å²) in [4.78, 5) is 30.5. The van der Waals surface area contributed by atoms with E-state index in [4.69, 9.17) is 0 Å². The highest BCUT2D eigenvalue weighted by molar-refractivity contribution is 5.98. The molecular weight excluding hydrogens is 292 g/mol. The molecule has 2 aromatic rings. The molecule has 2 heterocycles. The first-order valence-corrected chi connectivity index (χ1v) is 7.93. The minimum atomic E-state index is -0.275. The molecule has 0 radical (unpaired) electrons. The third-order valence-electron chi connectivity index (χ3n) is 4.16. The fraction of sp³-hybridized carbons (Fsp3) is 0.471. The van der Waals surface area contributed by atoms with Crippen LogP contribution in [0.5, 0.6) is 0 Å². The van der Waals surface area contributed by atoms with Crippen molar-refractivity contribution < 1.29 is 9.59 Å². The monoisotopic (exact) mass is 314 g/mol. The first-order chi connectivity index (χ1) is 10.9. The van der Waals surface area contributed by atoms with E-state index in [2.05, 4.69) is 24.1 Å². The molecular formula is C17H22N4O2. The maximum Gasteiger partial charge on any atom is 0.229 e. The van der Waals surface area contributed by atoms with E-state index in [1.54, 1.807) is 11.2 Å². The lowest BCUT2D eigenvalue weighted by Gasteiger charge is -2.18. The molecule has 6 heteroatoms. The molecule has 1 fully saturated rings. The second kappa shape index (κ2) is 6.02. The first kappa shape index (κ1) is 15.5. The predicted octanol–water partition coefficient (Wildman–Crippen LogP) is 2.02. The van der Waals surface area contributed by atoms with Crippen LogP contribution in [-0.4, -0.2) is 39.4 Å². The lowest BCUT2D eigenvalue weighted by atomic mass is 10.1.